The van der Waals surface area contributed by atoms with E-state index in [1.54, 1.807) is 12.1 Å². The largest absolute Gasteiger partial charge is 0.341 e. The summed E-state index contributed by atoms with van der Waals surface area (Å²) in [5, 5.41) is 11.5. The number of aromatic nitrogens is 2. The molecule has 7 heteroatoms. The van der Waals surface area contributed by atoms with Crippen molar-refractivity contribution in [2.45, 2.75) is 25.4 Å². The van der Waals surface area contributed by atoms with Crippen LogP contribution in [0.3, 0.4) is 0 Å². The Hall–Kier alpha value is -2.44. The predicted molar refractivity (Wildman–Crippen MR) is 96.6 cm³/mol. The first-order chi connectivity index (χ1) is 12.1. The highest BCUT2D eigenvalue weighted by atomic mass is 35.5. The number of aromatic amines is 1. The van der Waals surface area contributed by atoms with Gasteiger partial charge in [-0.1, -0.05) is 23.7 Å². The number of likely N-dealkylation sites (tertiary alicyclic amines) is 1. The molecule has 1 aliphatic heterocycles. The summed E-state index contributed by atoms with van der Waals surface area (Å²) < 4.78 is 0. The van der Waals surface area contributed by atoms with Gasteiger partial charge in [0.25, 0.3) is 5.69 Å². The Morgan fingerprint density at radius 1 is 1.28 bits per heavy atom. The average molecular weight is 357 g/mol. The molecular formula is C18H17ClN4O2. The Labute approximate surface area is 149 Å². The number of non-ortho nitro benzene ring substituents is 1. The summed E-state index contributed by atoms with van der Waals surface area (Å²) in [4.78, 5) is 20.9. The van der Waals surface area contributed by atoms with E-state index in [0.29, 0.717) is 5.02 Å². The van der Waals surface area contributed by atoms with Crippen LogP contribution in [0.1, 0.15) is 30.3 Å². The van der Waals surface area contributed by atoms with Gasteiger partial charge in [0.1, 0.15) is 5.82 Å². The lowest BCUT2D eigenvalue weighted by molar-refractivity contribution is -0.384. The van der Waals surface area contributed by atoms with Crippen LogP contribution in [0.25, 0.3) is 11.0 Å². The molecular weight excluding hydrogens is 340 g/mol. The number of nitro benzene ring substituents is 1. The fraction of sp³-hybridized carbons (Fsp3) is 0.278. The number of benzene rings is 2. The fourth-order valence-electron chi connectivity index (χ4n) is 3.44. The summed E-state index contributed by atoms with van der Waals surface area (Å²) in [6, 6.07) is 12.7. The third kappa shape index (κ3) is 3.23. The predicted octanol–water partition coefficient (Wildman–Crippen LogP) is 4.46. The van der Waals surface area contributed by atoms with Gasteiger partial charge >= 0.3 is 0 Å². The topological polar surface area (TPSA) is 75.1 Å². The van der Waals surface area contributed by atoms with Crippen LogP contribution in [0.15, 0.2) is 42.5 Å². The van der Waals surface area contributed by atoms with Gasteiger partial charge < -0.3 is 4.98 Å². The number of nitro groups is 1. The zero-order valence-electron chi connectivity index (χ0n) is 13.5. The number of H-pyrrole nitrogens is 1. The van der Waals surface area contributed by atoms with Crippen molar-refractivity contribution in [1.82, 2.24) is 14.9 Å². The van der Waals surface area contributed by atoms with Crippen LogP contribution < -0.4 is 0 Å². The molecule has 0 aliphatic carbocycles. The van der Waals surface area contributed by atoms with Gasteiger partial charge in [0, 0.05) is 23.7 Å². The van der Waals surface area contributed by atoms with Gasteiger partial charge in [-0.3, -0.25) is 15.0 Å². The smallest absolute Gasteiger partial charge is 0.269 e. The van der Waals surface area contributed by atoms with Crippen molar-refractivity contribution >= 4 is 28.3 Å². The van der Waals surface area contributed by atoms with Crippen molar-refractivity contribution in [1.29, 1.82) is 0 Å². The second-order valence-electron chi connectivity index (χ2n) is 6.34. The van der Waals surface area contributed by atoms with Crippen molar-refractivity contribution in [3.05, 3.63) is 69.0 Å². The van der Waals surface area contributed by atoms with Crippen molar-refractivity contribution < 1.29 is 4.92 Å². The molecule has 0 bridgehead atoms. The van der Waals surface area contributed by atoms with Gasteiger partial charge in [0.15, 0.2) is 0 Å². The molecule has 1 atom stereocenters. The van der Waals surface area contributed by atoms with Crippen molar-refractivity contribution in [3.63, 3.8) is 0 Å². The Morgan fingerprint density at radius 3 is 2.84 bits per heavy atom. The summed E-state index contributed by atoms with van der Waals surface area (Å²) in [6.45, 7) is 1.74. The number of fused-ring (bicyclic) bond motifs is 1. The molecule has 1 aliphatic rings. The van der Waals surface area contributed by atoms with Crippen molar-refractivity contribution in [3.8, 4) is 0 Å². The van der Waals surface area contributed by atoms with E-state index in [4.69, 9.17) is 16.6 Å². The van der Waals surface area contributed by atoms with Gasteiger partial charge in [-0.2, -0.15) is 0 Å². The number of imidazole rings is 1. The zero-order valence-corrected chi connectivity index (χ0v) is 14.2. The molecule has 2 heterocycles. The molecule has 3 aromatic rings. The second kappa shape index (κ2) is 6.46. The normalized spacial score (nSPS) is 18.0. The van der Waals surface area contributed by atoms with Crippen molar-refractivity contribution in [2.75, 3.05) is 6.54 Å². The number of hydrogen-bond donors (Lipinski definition) is 1. The van der Waals surface area contributed by atoms with E-state index in [1.807, 2.05) is 30.3 Å². The Kier molecular flexibility index (Phi) is 4.15. The molecule has 4 rings (SSSR count). The number of nitrogens with one attached hydrogen (secondary N) is 1. The molecule has 1 aromatic heterocycles. The lowest BCUT2D eigenvalue weighted by atomic mass is 10.1. The standard InChI is InChI=1S/C18H17ClN4O2/c19-13-5-8-15-16(10-13)21-18(20-15)17-2-1-9-22(17)11-12-3-6-14(7-4-12)23(24)25/h3-8,10,17H,1-2,9,11H2,(H,20,21)/t17-/m0/s1. The molecule has 0 amide bonds. The van der Waals surface area contributed by atoms with Crippen LogP contribution in [0.5, 0.6) is 0 Å². The first-order valence-corrected chi connectivity index (χ1v) is 8.60. The molecule has 1 N–H and O–H groups in total. The molecule has 1 fully saturated rings. The highest BCUT2D eigenvalue weighted by molar-refractivity contribution is 6.31. The van der Waals surface area contributed by atoms with E-state index in [1.165, 1.54) is 0 Å². The highest BCUT2D eigenvalue weighted by Gasteiger charge is 2.28. The van der Waals surface area contributed by atoms with E-state index < -0.39 is 0 Å². The fourth-order valence-corrected chi connectivity index (χ4v) is 3.61. The number of hydrogen-bond acceptors (Lipinski definition) is 4. The quantitative estimate of drug-likeness (QED) is 0.553. The van der Waals surface area contributed by atoms with E-state index in [2.05, 4.69) is 9.88 Å². The minimum atomic E-state index is -0.373. The SMILES string of the molecule is O=[N+]([O-])c1ccc(CN2CCC[C@H]2c2nc3ccc(Cl)cc3[nH]2)cc1. The van der Waals surface area contributed by atoms with Gasteiger partial charge in [0.05, 0.1) is 22.0 Å². The minimum Gasteiger partial charge on any atom is -0.341 e. The summed E-state index contributed by atoms with van der Waals surface area (Å²) in [5.41, 5.74) is 3.05. The summed E-state index contributed by atoms with van der Waals surface area (Å²) >= 11 is 6.05. The van der Waals surface area contributed by atoms with Crippen molar-refractivity contribution in [2.24, 2.45) is 0 Å². The molecule has 2 aromatic carbocycles. The second-order valence-corrected chi connectivity index (χ2v) is 6.77. The van der Waals surface area contributed by atoms with Gasteiger partial charge in [-0.25, -0.2) is 4.98 Å². The first kappa shape index (κ1) is 16.1. The summed E-state index contributed by atoms with van der Waals surface area (Å²) in [5.74, 6) is 0.955. The van der Waals surface area contributed by atoms with Crippen LogP contribution >= 0.6 is 11.6 Å². The molecule has 6 nitrogen and oxygen atoms in total. The number of nitrogens with zero attached hydrogens (tertiary/aromatic N) is 3. The highest BCUT2D eigenvalue weighted by Crippen LogP contribution is 2.33. The van der Waals surface area contributed by atoms with Crippen LogP contribution in [-0.2, 0) is 6.54 Å². The lowest BCUT2D eigenvalue weighted by Crippen LogP contribution is -2.23. The lowest BCUT2D eigenvalue weighted by Gasteiger charge is -2.22. The van der Waals surface area contributed by atoms with Gasteiger partial charge in [0.2, 0.25) is 0 Å². The van der Waals surface area contributed by atoms with Crippen LogP contribution in [0, 0.1) is 10.1 Å². The Morgan fingerprint density at radius 2 is 2.08 bits per heavy atom. The molecule has 128 valence electrons. The molecule has 0 spiro atoms. The maximum Gasteiger partial charge on any atom is 0.269 e. The average Bonchev–Trinajstić information content (AvgIpc) is 3.21. The zero-order chi connectivity index (χ0) is 17.4. The van der Waals surface area contributed by atoms with Crippen LogP contribution in [-0.4, -0.2) is 26.3 Å². The molecule has 0 radical (unpaired) electrons. The van der Waals surface area contributed by atoms with E-state index >= 15 is 0 Å². The van der Waals surface area contributed by atoms with E-state index in [0.717, 1.165) is 48.4 Å². The Balaban J connectivity index is 1.55. The number of halogens is 1. The van der Waals surface area contributed by atoms with E-state index in [9.17, 15) is 10.1 Å². The van der Waals surface area contributed by atoms with Gasteiger partial charge in [-0.15, -0.1) is 0 Å². The van der Waals surface area contributed by atoms with E-state index in [-0.39, 0.29) is 16.7 Å². The maximum atomic E-state index is 10.8. The molecule has 1 saturated heterocycles. The third-order valence-electron chi connectivity index (χ3n) is 4.67. The Bertz CT molecular complexity index is 922. The molecule has 0 saturated carbocycles. The monoisotopic (exact) mass is 356 g/mol. The third-order valence-corrected chi connectivity index (χ3v) is 4.91. The number of rotatable bonds is 4. The molecule has 25 heavy (non-hydrogen) atoms. The summed E-state index contributed by atoms with van der Waals surface area (Å²) in [7, 11) is 0. The summed E-state index contributed by atoms with van der Waals surface area (Å²) in [6.07, 6.45) is 2.15. The van der Waals surface area contributed by atoms with Crippen LogP contribution in [0.4, 0.5) is 5.69 Å². The van der Waals surface area contributed by atoms with Crippen LogP contribution in [0.2, 0.25) is 5.02 Å². The molecule has 0 unspecified atom stereocenters. The minimum absolute atomic E-state index is 0.121. The maximum absolute atomic E-state index is 10.8. The first-order valence-electron chi connectivity index (χ1n) is 8.23. The van der Waals surface area contributed by atoms with Gasteiger partial charge in [-0.05, 0) is 43.1 Å².